The van der Waals surface area contributed by atoms with Crippen LogP contribution in [-0.2, 0) is 0 Å². The molecule has 0 bridgehead atoms. The van der Waals surface area contributed by atoms with Gasteiger partial charge in [-0.2, -0.15) is 0 Å². The van der Waals surface area contributed by atoms with Crippen molar-refractivity contribution in [3.63, 3.8) is 0 Å². The lowest BCUT2D eigenvalue weighted by Crippen LogP contribution is -2.56. The zero-order valence-corrected chi connectivity index (χ0v) is 9.58. The van der Waals surface area contributed by atoms with E-state index in [1.165, 1.54) is 0 Å². The molecule has 0 aromatic rings. The van der Waals surface area contributed by atoms with Crippen LogP contribution >= 0.6 is 0 Å². The van der Waals surface area contributed by atoms with E-state index in [1.54, 1.807) is 0 Å². The van der Waals surface area contributed by atoms with E-state index in [9.17, 15) is 10.2 Å². The SMILES string of the molecule is CCC(CO)(CO)NC1CCC(N)CC1. The van der Waals surface area contributed by atoms with E-state index in [-0.39, 0.29) is 13.2 Å². The maximum Gasteiger partial charge on any atom is 0.0647 e. The normalized spacial score (nSPS) is 28.0. The topological polar surface area (TPSA) is 78.5 Å². The largest absolute Gasteiger partial charge is 0.394 e. The molecule has 0 heterocycles. The number of aliphatic hydroxyl groups excluding tert-OH is 2. The van der Waals surface area contributed by atoms with Crippen LogP contribution in [0.4, 0.5) is 0 Å². The van der Waals surface area contributed by atoms with Gasteiger partial charge in [-0.3, -0.25) is 0 Å². The summed E-state index contributed by atoms with van der Waals surface area (Å²) < 4.78 is 0. The first-order chi connectivity index (χ1) is 7.15. The Morgan fingerprint density at radius 3 is 2.13 bits per heavy atom. The average Bonchev–Trinajstić information content (AvgIpc) is 2.29. The Morgan fingerprint density at radius 1 is 1.20 bits per heavy atom. The summed E-state index contributed by atoms with van der Waals surface area (Å²) in [6.07, 6.45) is 4.90. The highest BCUT2D eigenvalue weighted by Gasteiger charge is 2.30. The monoisotopic (exact) mass is 216 g/mol. The summed E-state index contributed by atoms with van der Waals surface area (Å²) in [6.45, 7) is 1.96. The molecule has 90 valence electrons. The minimum Gasteiger partial charge on any atom is -0.394 e. The predicted molar refractivity (Wildman–Crippen MR) is 60.6 cm³/mol. The minimum atomic E-state index is -0.508. The van der Waals surface area contributed by atoms with Crippen LogP contribution in [0, 0.1) is 0 Å². The zero-order chi connectivity index (χ0) is 11.3. The second-order valence-electron chi connectivity index (χ2n) is 4.71. The molecule has 0 aliphatic heterocycles. The molecule has 0 saturated heterocycles. The van der Waals surface area contributed by atoms with E-state index in [0.717, 1.165) is 32.1 Å². The van der Waals surface area contributed by atoms with Gasteiger partial charge < -0.3 is 21.3 Å². The third-order valence-corrected chi connectivity index (χ3v) is 3.56. The second kappa shape index (κ2) is 5.80. The van der Waals surface area contributed by atoms with Crippen molar-refractivity contribution in [3.8, 4) is 0 Å². The fourth-order valence-electron chi connectivity index (χ4n) is 2.16. The van der Waals surface area contributed by atoms with Crippen LogP contribution in [0.5, 0.6) is 0 Å². The highest BCUT2D eigenvalue weighted by molar-refractivity contribution is 4.91. The van der Waals surface area contributed by atoms with Crippen LogP contribution < -0.4 is 11.1 Å². The van der Waals surface area contributed by atoms with Crippen LogP contribution in [-0.4, -0.2) is 41.0 Å². The highest BCUT2D eigenvalue weighted by atomic mass is 16.3. The number of nitrogens with one attached hydrogen (secondary N) is 1. The molecule has 1 aliphatic rings. The molecule has 0 radical (unpaired) electrons. The fourth-order valence-corrected chi connectivity index (χ4v) is 2.16. The van der Waals surface area contributed by atoms with E-state index in [4.69, 9.17) is 5.73 Å². The van der Waals surface area contributed by atoms with Gasteiger partial charge in [-0.25, -0.2) is 0 Å². The van der Waals surface area contributed by atoms with Gasteiger partial charge in [-0.15, -0.1) is 0 Å². The third-order valence-electron chi connectivity index (χ3n) is 3.56. The van der Waals surface area contributed by atoms with Crippen molar-refractivity contribution in [3.05, 3.63) is 0 Å². The Kier molecular flexibility index (Phi) is 4.99. The molecule has 4 nitrogen and oxygen atoms in total. The van der Waals surface area contributed by atoms with Gasteiger partial charge in [0.05, 0.1) is 18.8 Å². The van der Waals surface area contributed by atoms with Crippen molar-refractivity contribution in [2.75, 3.05) is 13.2 Å². The van der Waals surface area contributed by atoms with Crippen LogP contribution in [0.3, 0.4) is 0 Å². The first kappa shape index (κ1) is 12.9. The lowest BCUT2D eigenvalue weighted by Gasteiger charge is -2.37. The Balaban J connectivity index is 2.44. The van der Waals surface area contributed by atoms with E-state index in [2.05, 4.69) is 5.32 Å². The molecule has 4 heteroatoms. The van der Waals surface area contributed by atoms with Gasteiger partial charge in [0.1, 0.15) is 0 Å². The van der Waals surface area contributed by atoms with Crippen molar-refractivity contribution in [1.29, 1.82) is 0 Å². The Hall–Kier alpha value is -0.160. The first-order valence-corrected chi connectivity index (χ1v) is 5.91. The molecule has 5 N–H and O–H groups in total. The van der Waals surface area contributed by atoms with Gasteiger partial charge in [0.15, 0.2) is 0 Å². The summed E-state index contributed by atoms with van der Waals surface area (Å²) in [5, 5.41) is 22.0. The maximum absolute atomic E-state index is 9.31. The molecular formula is C11H24N2O2. The molecule has 1 saturated carbocycles. The number of aliphatic hydroxyl groups is 2. The first-order valence-electron chi connectivity index (χ1n) is 5.91. The van der Waals surface area contributed by atoms with Crippen LogP contribution in [0.1, 0.15) is 39.0 Å². The number of hydrogen-bond donors (Lipinski definition) is 4. The number of hydrogen-bond acceptors (Lipinski definition) is 4. The van der Waals surface area contributed by atoms with E-state index >= 15 is 0 Å². The number of nitrogens with two attached hydrogens (primary N) is 1. The van der Waals surface area contributed by atoms with Gasteiger partial charge in [-0.05, 0) is 32.1 Å². The molecule has 0 unspecified atom stereocenters. The second-order valence-corrected chi connectivity index (χ2v) is 4.71. The Labute approximate surface area is 91.9 Å². The summed E-state index contributed by atoms with van der Waals surface area (Å²) in [5.74, 6) is 0. The van der Waals surface area contributed by atoms with Crippen molar-refractivity contribution >= 4 is 0 Å². The van der Waals surface area contributed by atoms with E-state index in [0.29, 0.717) is 12.1 Å². The predicted octanol–water partition coefficient (Wildman–Crippen LogP) is -0.0207. The quantitative estimate of drug-likeness (QED) is 0.521. The molecule has 1 fully saturated rings. The lowest BCUT2D eigenvalue weighted by atomic mass is 9.88. The molecular weight excluding hydrogens is 192 g/mol. The van der Waals surface area contributed by atoms with Crippen LogP contribution in [0.15, 0.2) is 0 Å². The van der Waals surface area contributed by atoms with Crippen molar-refractivity contribution < 1.29 is 10.2 Å². The van der Waals surface area contributed by atoms with Crippen molar-refractivity contribution in [2.24, 2.45) is 5.73 Å². The van der Waals surface area contributed by atoms with Crippen molar-refractivity contribution in [1.82, 2.24) is 5.32 Å². The number of rotatable bonds is 5. The summed E-state index contributed by atoms with van der Waals surface area (Å²) in [5.41, 5.74) is 5.32. The van der Waals surface area contributed by atoms with Gasteiger partial charge in [0.2, 0.25) is 0 Å². The lowest BCUT2D eigenvalue weighted by molar-refractivity contribution is 0.0716. The Bertz CT molecular complexity index is 167. The molecule has 0 spiro atoms. The van der Waals surface area contributed by atoms with Crippen molar-refractivity contribution in [2.45, 2.75) is 56.7 Å². The summed E-state index contributed by atoms with van der Waals surface area (Å²) >= 11 is 0. The van der Waals surface area contributed by atoms with Crippen LogP contribution in [0.25, 0.3) is 0 Å². The van der Waals surface area contributed by atoms with Crippen LogP contribution in [0.2, 0.25) is 0 Å². The average molecular weight is 216 g/mol. The molecule has 0 aromatic heterocycles. The van der Waals surface area contributed by atoms with Gasteiger partial charge in [0, 0.05) is 12.1 Å². The smallest absolute Gasteiger partial charge is 0.0647 e. The summed E-state index contributed by atoms with van der Waals surface area (Å²) in [4.78, 5) is 0. The molecule has 0 atom stereocenters. The maximum atomic E-state index is 9.31. The zero-order valence-electron chi connectivity index (χ0n) is 9.58. The summed E-state index contributed by atoms with van der Waals surface area (Å²) in [6, 6.07) is 0.728. The third kappa shape index (κ3) is 3.41. The molecule has 15 heavy (non-hydrogen) atoms. The molecule has 1 rings (SSSR count). The minimum absolute atomic E-state index is 0.0114. The summed E-state index contributed by atoms with van der Waals surface area (Å²) in [7, 11) is 0. The molecule has 1 aliphatic carbocycles. The fraction of sp³-hybridized carbons (Fsp3) is 1.00. The molecule has 0 amide bonds. The van der Waals surface area contributed by atoms with Gasteiger partial charge in [-0.1, -0.05) is 6.92 Å². The van der Waals surface area contributed by atoms with E-state index < -0.39 is 5.54 Å². The standard InChI is InChI=1S/C11H24N2O2/c1-2-11(7-14,8-15)13-10-5-3-9(12)4-6-10/h9-10,13-15H,2-8,12H2,1H3. The van der Waals surface area contributed by atoms with Gasteiger partial charge in [0.25, 0.3) is 0 Å². The Morgan fingerprint density at radius 2 is 1.73 bits per heavy atom. The highest BCUT2D eigenvalue weighted by Crippen LogP contribution is 2.20. The molecule has 0 aromatic carbocycles. The van der Waals surface area contributed by atoms with Gasteiger partial charge >= 0.3 is 0 Å². The van der Waals surface area contributed by atoms with E-state index in [1.807, 2.05) is 6.92 Å².